The fourth-order valence-electron chi connectivity index (χ4n) is 3.73. The molecule has 1 aromatic rings. The van der Waals surface area contributed by atoms with Gasteiger partial charge in [-0.05, 0) is 47.9 Å². The summed E-state index contributed by atoms with van der Waals surface area (Å²) in [6.45, 7) is 9.01. The normalized spacial score (nSPS) is 25.8. The molecule has 1 aliphatic rings. The van der Waals surface area contributed by atoms with Crippen LogP contribution >= 0.6 is 0 Å². The third kappa shape index (κ3) is 3.17. The van der Waals surface area contributed by atoms with Gasteiger partial charge in [0.15, 0.2) is 0 Å². The number of rotatable bonds is 5. The molecule has 2 rings (SSSR count). The standard InChI is InChI=1S/C18H29NO/c1-5-7-16-17-11-15(20)9-8-14(17)10-13(6-2)18(16)19-12(3)4/h8-9,11-13,16,18-20H,5-7,10H2,1-4H3. The number of benzene rings is 1. The van der Waals surface area contributed by atoms with E-state index in [1.165, 1.54) is 30.4 Å². The second-order valence-corrected chi connectivity index (χ2v) is 6.50. The third-order valence-corrected chi connectivity index (χ3v) is 4.60. The van der Waals surface area contributed by atoms with Crippen molar-refractivity contribution in [1.82, 2.24) is 5.32 Å². The highest BCUT2D eigenvalue weighted by atomic mass is 16.3. The van der Waals surface area contributed by atoms with Gasteiger partial charge in [-0.25, -0.2) is 0 Å². The molecule has 0 radical (unpaired) electrons. The van der Waals surface area contributed by atoms with E-state index in [1.54, 1.807) is 0 Å². The van der Waals surface area contributed by atoms with E-state index in [4.69, 9.17) is 0 Å². The van der Waals surface area contributed by atoms with E-state index in [-0.39, 0.29) is 0 Å². The number of hydrogen-bond donors (Lipinski definition) is 2. The van der Waals surface area contributed by atoms with Crippen LogP contribution in [-0.4, -0.2) is 17.2 Å². The van der Waals surface area contributed by atoms with Crippen LogP contribution in [0.5, 0.6) is 5.75 Å². The topological polar surface area (TPSA) is 32.3 Å². The highest BCUT2D eigenvalue weighted by Gasteiger charge is 2.35. The van der Waals surface area contributed by atoms with E-state index in [9.17, 15) is 5.11 Å². The number of phenols is 1. The number of aromatic hydroxyl groups is 1. The van der Waals surface area contributed by atoms with E-state index >= 15 is 0 Å². The molecule has 112 valence electrons. The van der Waals surface area contributed by atoms with Gasteiger partial charge in [-0.3, -0.25) is 0 Å². The maximum absolute atomic E-state index is 9.85. The SMILES string of the molecule is CCCC1c2cc(O)ccc2CC(CC)C1NC(C)C. The lowest BCUT2D eigenvalue weighted by Crippen LogP contribution is -2.47. The van der Waals surface area contributed by atoms with Crippen LogP contribution in [0.3, 0.4) is 0 Å². The van der Waals surface area contributed by atoms with Crippen molar-refractivity contribution in [1.29, 1.82) is 0 Å². The molecule has 2 nitrogen and oxygen atoms in total. The molecule has 0 saturated carbocycles. The summed E-state index contributed by atoms with van der Waals surface area (Å²) >= 11 is 0. The van der Waals surface area contributed by atoms with Gasteiger partial charge in [0.1, 0.15) is 5.75 Å². The van der Waals surface area contributed by atoms with Crippen LogP contribution in [0.2, 0.25) is 0 Å². The second-order valence-electron chi connectivity index (χ2n) is 6.50. The minimum absolute atomic E-state index is 0.406. The number of phenolic OH excluding ortho intramolecular Hbond substituents is 1. The lowest BCUT2D eigenvalue weighted by atomic mass is 9.70. The molecule has 1 aromatic carbocycles. The van der Waals surface area contributed by atoms with Gasteiger partial charge in [0, 0.05) is 12.1 Å². The monoisotopic (exact) mass is 275 g/mol. The Balaban J connectivity index is 2.39. The first-order chi connectivity index (χ1) is 9.56. The molecule has 0 fully saturated rings. The largest absolute Gasteiger partial charge is 0.508 e. The molecular weight excluding hydrogens is 246 g/mol. The molecule has 2 N–H and O–H groups in total. The van der Waals surface area contributed by atoms with Crippen molar-refractivity contribution in [3.05, 3.63) is 29.3 Å². The van der Waals surface area contributed by atoms with Crippen molar-refractivity contribution in [2.75, 3.05) is 0 Å². The van der Waals surface area contributed by atoms with Crippen LogP contribution in [0.4, 0.5) is 0 Å². The number of hydrogen-bond acceptors (Lipinski definition) is 2. The highest BCUT2D eigenvalue weighted by molar-refractivity contribution is 5.40. The van der Waals surface area contributed by atoms with Gasteiger partial charge < -0.3 is 10.4 Å². The summed E-state index contributed by atoms with van der Waals surface area (Å²) in [5, 5.41) is 13.6. The predicted molar refractivity (Wildman–Crippen MR) is 85.3 cm³/mol. The van der Waals surface area contributed by atoms with Crippen LogP contribution in [0.15, 0.2) is 18.2 Å². The Morgan fingerprint density at radius 1 is 1.30 bits per heavy atom. The van der Waals surface area contributed by atoms with Gasteiger partial charge in [0.2, 0.25) is 0 Å². The van der Waals surface area contributed by atoms with Crippen LogP contribution in [0.1, 0.15) is 64.0 Å². The maximum atomic E-state index is 9.85. The molecule has 0 amide bonds. The molecule has 0 aromatic heterocycles. The second kappa shape index (κ2) is 6.62. The first-order valence-corrected chi connectivity index (χ1v) is 8.14. The Morgan fingerprint density at radius 2 is 2.05 bits per heavy atom. The van der Waals surface area contributed by atoms with Crippen LogP contribution in [0.25, 0.3) is 0 Å². The van der Waals surface area contributed by atoms with E-state index in [0.717, 1.165) is 6.42 Å². The Bertz CT molecular complexity index is 441. The summed E-state index contributed by atoms with van der Waals surface area (Å²) < 4.78 is 0. The molecule has 0 bridgehead atoms. The van der Waals surface area contributed by atoms with Crippen molar-refractivity contribution in [3.8, 4) is 5.75 Å². The number of fused-ring (bicyclic) bond motifs is 1. The lowest BCUT2D eigenvalue weighted by Gasteiger charge is -2.41. The average molecular weight is 275 g/mol. The molecule has 0 spiro atoms. The highest BCUT2D eigenvalue weighted by Crippen LogP contribution is 2.40. The lowest BCUT2D eigenvalue weighted by molar-refractivity contribution is 0.252. The Kier molecular flexibility index (Phi) is 5.09. The minimum atomic E-state index is 0.406. The zero-order valence-corrected chi connectivity index (χ0v) is 13.3. The molecule has 0 saturated heterocycles. The smallest absolute Gasteiger partial charge is 0.115 e. The van der Waals surface area contributed by atoms with Crippen LogP contribution in [0, 0.1) is 5.92 Å². The van der Waals surface area contributed by atoms with E-state index < -0.39 is 0 Å². The van der Waals surface area contributed by atoms with Crippen molar-refractivity contribution in [2.45, 2.75) is 71.4 Å². The Hall–Kier alpha value is -1.02. The summed E-state index contributed by atoms with van der Waals surface area (Å²) in [6, 6.07) is 7.00. The van der Waals surface area contributed by atoms with E-state index in [0.29, 0.717) is 29.7 Å². The zero-order valence-electron chi connectivity index (χ0n) is 13.3. The summed E-state index contributed by atoms with van der Waals surface area (Å²) in [6.07, 6.45) is 4.73. The van der Waals surface area contributed by atoms with Crippen molar-refractivity contribution < 1.29 is 5.11 Å². The molecule has 20 heavy (non-hydrogen) atoms. The molecule has 3 atom stereocenters. The molecule has 0 heterocycles. The third-order valence-electron chi connectivity index (χ3n) is 4.60. The minimum Gasteiger partial charge on any atom is -0.508 e. The zero-order chi connectivity index (χ0) is 14.7. The molecule has 3 unspecified atom stereocenters. The van der Waals surface area contributed by atoms with Crippen LogP contribution < -0.4 is 5.32 Å². The average Bonchev–Trinajstić information content (AvgIpc) is 2.41. The molecule has 2 heteroatoms. The van der Waals surface area contributed by atoms with Gasteiger partial charge in [0.25, 0.3) is 0 Å². The molecule has 1 aliphatic carbocycles. The first-order valence-electron chi connectivity index (χ1n) is 8.14. The Morgan fingerprint density at radius 3 is 2.65 bits per heavy atom. The van der Waals surface area contributed by atoms with Gasteiger partial charge in [-0.15, -0.1) is 0 Å². The van der Waals surface area contributed by atoms with Crippen molar-refractivity contribution >= 4 is 0 Å². The predicted octanol–water partition coefficient (Wildman–Crippen LogP) is 4.22. The quantitative estimate of drug-likeness (QED) is 0.843. The van der Waals surface area contributed by atoms with E-state index in [2.05, 4.69) is 39.1 Å². The van der Waals surface area contributed by atoms with Crippen molar-refractivity contribution in [2.24, 2.45) is 5.92 Å². The van der Waals surface area contributed by atoms with Crippen molar-refractivity contribution in [3.63, 3.8) is 0 Å². The summed E-state index contributed by atoms with van der Waals surface area (Å²) in [5.41, 5.74) is 2.81. The fraction of sp³-hybridized carbons (Fsp3) is 0.667. The molecular formula is C18H29NO. The fourth-order valence-corrected chi connectivity index (χ4v) is 3.73. The summed E-state index contributed by atoms with van der Waals surface area (Å²) in [5.74, 6) is 1.64. The number of nitrogens with one attached hydrogen (secondary N) is 1. The van der Waals surface area contributed by atoms with Gasteiger partial charge in [0.05, 0.1) is 0 Å². The van der Waals surface area contributed by atoms with Crippen LogP contribution in [-0.2, 0) is 6.42 Å². The van der Waals surface area contributed by atoms with Gasteiger partial charge >= 0.3 is 0 Å². The van der Waals surface area contributed by atoms with Gasteiger partial charge in [-0.1, -0.05) is 46.6 Å². The Labute approximate surface area is 123 Å². The van der Waals surface area contributed by atoms with Gasteiger partial charge in [-0.2, -0.15) is 0 Å². The maximum Gasteiger partial charge on any atom is 0.115 e. The summed E-state index contributed by atoms with van der Waals surface area (Å²) in [7, 11) is 0. The van der Waals surface area contributed by atoms with E-state index in [1.807, 2.05) is 12.1 Å². The first kappa shape index (κ1) is 15.4. The molecule has 0 aliphatic heterocycles. The summed E-state index contributed by atoms with van der Waals surface area (Å²) in [4.78, 5) is 0.